The largest absolute Gasteiger partial charge is 0.493 e. The van der Waals surface area contributed by atoms with Crippen molar-refractivity contribution < 1.29 is 32.6 Å². The van der Waals surface area contributed by atoms with Crippen LogP contribution in [0.15, 0.2) is 72.8 Å². The van der Waals surface area contributed by atoms with Crippen LogP contribution in [0.2, 0.25) is 0 Å². The lowest BCUT2D eigenvalue weighted by molar-refractivity contribution is -0.282. The van der Waals surface area contributed by atoms with Crippen molar-refractivity contribution in [2.75, 3.05) is 19.8 Å². The van der Waals surface area contributed by atoms with E-state index in [1.54, 1.807) is 19.9 Å². The third-order valence-electron chi connectivity index (χ3n) is 6.77. The lowest BCUT2D eigenvalue weighted by Crippen LogP contribution is -2.58. The third-order valence-corrected chi connectivity index (χ3v) is 6.77. The first kappa shape index (κ1) is 28.1. The molecule has 4 rings (SSSR count). The monoisotopic (exact) mass is 529 g/mol. The first-order valence-corrected chi connectivity index (χ1v) is 12.8. The number of hydrogen-bond acceptors (Lipinski definition) is 5. The van der Waals surface area contributed by atoms with Gasteiger partial charge in [0.15, 0.2) is 5.79 Å². The summed E-state index contributed by atoms with van der Waals surface area (Å²) >= 11 is 0. The number of rotatable bonds is 10. The average Bonchev–Trinajstić information content (AvgIpc) is 2.91. The molecule has 38 heavy (non-hydrogen) atoms. The molecular formula is C30H34F3NO4. The lowest BCUT2D eigenvalue weighted by Gasteiger charge is -2.42. The fraction of sp³-hybridized carbons (Fsp3) is 0.400. The summed E-state index contributed by atoms with van der Waals surface area (Å²) in [5, 5.41) is 9.68. The van der Waals surface area contributed by atoms with E-state index in [2.05, 4.69) is 11.5 Å². The number of alkyl halides is 3. The summed E-state index contributed by atoms with van der Waals surface area (Å²) in [5.74, 6) is -0.951. The van der Waals surface area contributed by atoms with Gasteiger partial charge in [0, 0.05) is 0 Å². The lowest BCUT2D eigenvalue weighted by atomic mass is 9.92. The highest BCUT2D eigenvalue weighted by atomic mass is 19.4. The van der Waals surface area contributed by atoms with Crippen LogP contribution in [0, 0.1) is 0 Å². The molecule has 0 saturated carbocycles. The van der Waals surface area contributed by atoms with Gasteiger partial charge in [-0.2, -0.15) is 18.7 Å². The van der Waals surface area contributed by atoms with Gasteiger partial charge in [0.05, 0.1) is 30.9 Å². The zero-order chi connectivity index (χ0) is 27.2. The van der Waals surface area contributed by atoms with Crippen molar-refractivity contribution in [2.24, 2.45) is 0 Å². The van der Waals surface area contributed by atoms with Crippen LogP contribution in [0.1, 0.15) is 43.4 Å². The second-order valence-electron chi connectivity index (χ2n) is 10.2. The molecule has 8 heteroatoms. The van der Waals surface area contributed by atoms with Crippen molar-refractivity contribution in [3.8, 4) is 16.9 Å². The molecule has 1 saturated heterocycles. The number of halogens is 3. The minimum atomic E-state index is -4.55. The summed E-state index contributed by atoms with van der Waals surface area (Å²) in [6.07, 6.45) is -2.65. The molecule has 204 valence electrons. The van der Waals surface area contributed by atoms with Crippen LogP contribution < -0.4 is 10.2 Å². The molecule has 0 spiro atoms. The van der Waals surface area contributed by atoms with Gasteiger partial charge in [-0.3, -0.25) is 0 Å². The van der Waals surface area contributed by atoms with Crippen LogP contribution in [0.4, 0.5) is 13.2 Å². The van der Waals surface area contributed by atoms with Gasteiger partial charge in [-0.15, -0.1) is 0 Å². The molecule has 0 amide bonds. The van der Waals surface area contributed by atoms with Gasteiger partial charge in [0.2, 0.25) is 0 Å². The molecule has 1 heterocycles. The normalized spacial score (nSPS) is 16.8. The average molecular weight is 530 g/mol. The van der Waals surface area contributed by atoms with E-state index in [0.717, 1.165) is 22.8 Å². The molecule has 0 aromatic heterocycles. The summed E-state index contributed by atoms with van der Waals surface area (Å²) in [4.78, 5) is 0. The molecule has 0 aliphatic carbocycles. The van der Waals surface area contributed by atoms with Crippen molar-refractivity contribution in [2.45, 2.75) is 57.0 Å². The Labute approximate surface area is 221 Å². The van der Waals surface area contributed by atoms with Crippen LogP contribution in [-0.4, -0.2) is 36.4 Å². The quantitative estimate of drug-likeness (QED) is 0.223. The number of hydrogen-bond donors (Lipinski definition) is 2. The second kappa shape index (κ2) is 11.9. The van der Waals surface area contributed by atoms with Gasteiger partial charge >= 0.3 is 6.18 Å². The topological polar surface area (TPSA) is 60.0 Å². The number of nitrogens with one attached hydrogen (secondary N) is 1. The molecule has 3 aromatic rings. The fourth-order valence-corrected chi connectivity index (χ4v) is 4.43. The number of benzene rings is 3. The standard InChI is InChI=1S/C30H34F3NO4/c1-28(2)37-20-29(34-35,21-38-28)16-15-23-13-14-27(26(19-23)30(31,32)33)36-17-7-9-22-8-6-12-25(18-22)24-10-4-3-5-11-24/h3-6,8,10-14,18-19,34-35H,7,9,15-17,20-21H2,1-2H3. The van der Waals surface area contributed by atoms with Gasteiger partial charge in [-0.25, -0.2) is 0 Å². The highest BCUT2D eigenvalue weighted by molar-refractivity contribution is 5.63. The van der Waals surface area contributed by atoms with Gasteiger partial charge < -0.3 is 19.4 Å². The molecule has 1 aliphatic rings. The van der Waals surface area contributed by atoms with Gasteiger partial charge in [0.1, 0.15) is 5.75 Å². The van der Waals surface area contributed by atoms with E-state index in [0.29, 0.717) is 31.2 Å². The maximum Gasteiger partial charge on any atom is 0.419 e. The van der Waals surface area contributed by atoms with E-state index in [1.807, 2.05) is 48.5 Å². The Kier molecular flexibility index (Phi) is 8.78. The molecule has 0 unspecified atom stereocenters. The van der Waals surface area contributed by atoms with Crippen molar-refractivity contribution >= 4 is 0 Å². The fourth-order valence-electron chi connectivity index (χ4n) is 4.43. The van der Waals surface area contributed by atoms with Crippen LogP contribution in [0.25, 0.3) is 11.1 Å². The van der Waals surface area contributed by atoms with E-state index >= 15 is 0 Å². The molecule has 2 N–H and O–H groups in total. The molecule has 1 fully saturated rings. The van der Waals surface area contributed by atoms with E-state index in [4.69, 9.17) is 14.2 Å². The van der Waals surface area contributed by atoms with Crippen LogP contribution in [0.3, 0.4) is 0 Å². The molecule has 0 atom stereocenters. The summed E-state index contributed by atoms with van der Waals surface area (Å²) in [7, 11) is 0. The molecule has 3 aromatic carbocycles. The summed E-state index contributed by atoms with van der Waals surface area (Å²) in [6.45, 7) is 4.06. The van der Waals surface area contributed by atoms with E-state index in [9.17, 15) is 18.4 Å². The molecule has 0 radical (unpaired) electrons. The Morgan fingerprint density at radius 3 is 2.24 bits per heavy atom. The van der Waals surface area contributed by atoms with E-state index in [1.165, 1.54) is 6.07 Å². The Morgan fingerprint density at radius 1 is 0.868 bits per heavy atom. The van der Waals surface area contributed by atoms with Crippen molar-refractivity contribution in [3.05, 3.63) is 89.5 Å². The molecular weight excluding hydrogens is 495 g/mol. The maximum absolute atomic E-state index is 13.9. The Balaban J connectivity index is 1.35. The van der Waals surface area contributed by atoms with Crippen molar-refractivity contribution in [1.29, 1.82) is 0 Å². The second-order valence-corrected chi connectivity index (χ2v) is 10.2. The number of aryl methyl sites for hydroxylation is 2. The summed E-state index contributed by atoms with van der Waals surface area (Å²) in [5.41, 5.74) is 4.37. The molecule has 0 bridgehead atoms. The molecule has 5 nitrogen and oxygen atoms in total. The van der Waals surface area contributed by atoms with E-state index < -0.39 is 23.1 Å². The Hall–Kier alpha value is -2.91. The Morgan fingerprint density at radius 2 is 1.55 bits per heavy atom. The summed E-state index contributed by atoms with van der Waals surface area (Å²) < 4.78 is 58.4. The highest BCUT2D eigenvalue weighted by Crippen LogP contribution is 2.37. The van der Waals surface area contributed by atoms with Crippen LogP contribution >= 0.6 is 0 Å². The first-order chi connectivity index (χ1) is 18.1. The zero-order valence-electron chi connectivity index (χ0n) is 21.7. The predicted molar refractivity (Wildman–Crippen MR) is 139 cm³/mol. The van der Waals surface area contributed by atoms with Gasteiger partial charge in [-0.05, 0) is 73.9 Å². The van der Waals surface area contributed by atoms with Crippen LogP contribution in [-0.2, 0) is 28.5 Å². The minimum absolute atomic E-state index is 0.167. The maximum atomic E-state index is 13.9. The third kappa shape index (κ3) is 7.35. The minimum Gasteiger partial charge on any atom is -0.493 e. The van der Waals surface area contributed by atoms with Crippen LogP contribution in [0.5, 0.6) is 5.75 Å². The SMILES string of the molecule is CC1(C)OCC(CCc2ccc(OCCCc3cccc(-c4ccccc4)c3)c(C(F)(F)F)c2)(NO)CO1. The number of ether oxygens (including phenoxy) is 3. The van der Waals surface area contributed by atoms with Gasteiger partial charge in [-0.1, -0.05) is 60.7 Å². The number of hydroxylamine groups is 1. The first-order valence-electron chi connectivity index (χ1n) is 12.8. The molecule has 1 aliphatic heterocycles. The van der Waals surface area contributed by atoms with E-state index in [-0.39, 0.29) is 25.6 Å². The van der Waals surface area contributed by atoms with Gasteiger partial charge in [0.25, 0.3) is 0 Å². The highest BCUT2D eigenvalue weighted by Gasteiger charge is 2.40. The van der Waals surface area contributed by atoms with Crippen molar-refractivity contribution in [1.82, 2.24) is 5.48 Å². The predicted octanol–water partition coefficient (Wildman–Crippen LogP) is 6.82. The summed E-state index contributed by atoms with van der Waals surface area (Å²) in [6, 6.07) is 22.3. The zero-order valence-corrected chi connectivity index (χ0v) is 21.7. The smallest absolute Gasteiger partial charge is 0.419 e. The Bertz CT molecular complexity index is 1190. The van der Waals surface area contributed by atoms with Crippen molar-refractivity contribution in [3.63, 3.8) is 0 Å².